The first-order valence-corrected chi connectivity index (χ1v) is 6.25. The Morgan fingerprint density at radius 1 is 1.53 bits per heavy atom. The Kier molecular flexibility index (Phi) is 8.06. The first-order valence-electron chi connectivity index (χ1n) is 6.25. The number of carbonyl (C=O) groups excluding carboxylic acids is 1. The molecule has 1 aromatic rings. The number of amides is 1. The normalized spacial score (nSPS) is 14.6. The molecule has 0 aromatic carbocycles. The molecule has 1 atom stereocenters. The lowest BCUT2D eigenvalue weighted by molar-refractivity contribution is -0.121. The predicted molar refractivity (Wildman–Crippen MR) is 80.0 cm³/mol. The fraction of sp³-hybridized carbons (Fsp3) is 0.667. The van der Waals surface area contributed by atoms with Gasteiger partial charge in [-0.05, 0) is 19.8 Å². The third-order valence-electron chi connectivity index (χ3n) is 3.05. The van der Waals surface area contributed by atoms with Gasteiger partial charge in [0.05, 0.1) is 11.7 Å². The molecule has 0 saturated carbocycles. The Morgan fingerprint density at radius 3 is 2.89 bits per heavy atom. The lowest BCUT2D eigenvalue weighted by Gasteiger charge is -2.11. The summed E-state index contributed by atoms with van der Waals surface area (Å²) in [6, 6.07) is -0.440. The van der Waals surface area contributed by atoms with Crippen LogP contribution in [0.5, 0.6) is 0 Å². The average Bonchev–Trinajstić information content (AvgIpc) is 2.71. The van der Waals surface area contributed by atoms with E-state index in [0.29, 0.717) is 6.54 Å². The van der Waals surface area contributed by atoms with Gasteiger partial charge in [0.2, 0.25) is 5.91 Å². The number of hydrogen-bond acceptors (Lipinski definition) is 3. The lowest BCUT2D eigenvalue weighted by Crippen LogP contribution is -2.39. The van der Waals surface area contributed by atoms with Crippen molar-refractivity contribution in [3.8, 4) is 0 Å². The van der Waals surface area contributed by atoms with E-state index in [-0.39, 0.29) is 30.7 Å². The van der Waals surface area contributed by atoms with Crippen LogP contribution in [0.3, 0.4) is 0 Å². The first kappa shape index (κ1) is 18.2. The summed E-state index contributed by atoms with van der Waals surface area (Å²) in [5.74, 6) is 1.08. The zero-order chi connectivity index (χ0) is 12.3. The van der Waals surface area contributed by atoms with E-state index < -0.39 is 6.04 Å². The zero-order valence-electron chi connectivity index (χ0n) is 11.1. The van der Waals surface area contributed by atoms with E-state index >= 15 is 0 Å². The largest absolute Gasteiger partial charge is 0.354 e. The minimum absolute atomic E-state index is 0. The minimum atomic E-state index is -0.440. The van der Waals surface area contributed by atoms with Gasteiger partial charge in [0, 0.05) is 32.1 Å². The number of fused-ring (bicyclic) bond motifs is 1. The summed E-state index contributed by atoms with van der Waals surface area (Å²) in [7, 11) is 0. The Balaban J connectivity index is 0.00000162. The highest BCUT2D eigenvalue weighted by molar-refractivity contribution is 5.85. The Labute approximate surface area is 126 Å². The molecule has 0 fully saturated rings. The van der Waals surface area contributed by atoms with Gasteiger partial charge < -0.3 is 15.6 Å². The first-order chi connectivity index (χ1) is 8.16. The topological polar surface area (TPSA) is 72.9 Å². The van der Waals surface area contributed by atoms with E-state index in [0.717, 1.165) is 25.1 Å². The second kappa shape index (κ2) is 8.40. The van der Waals surface area contributed by atoms with Crippen LogP contribution in [-0.4, -0.2) is 28.0 Å². The second-order valence-electron chi connectivity index (χ2n) is 4.63. The van der Waals surface area contributed by atoms with Gasteiger partial charge in [-0.25, -0.2) is 4.98 Å². The molecular formula is C12H22Cl2N4O. The van der Waals surface area contributed by atoms with Crippen molar-refractivity contribution in [2.45, 2.75) is 45.2 Å². The number of halogens is 2. The summed E-state index contributed by atoms with van der Waals surface area (Å²) in [4.78, 5) is 15.8. The molecule has 0 unspecified atom stereocenters. The van der Waals surface area contributed by atoms with Crippen molar-refractivity contribution >= 4 is 30.7 Å². The van der Waals surface area contributed by atoms with Crippen LogP contribution in [0.1, 0.15) is 31.3 Å². The monoisotopic (exact) mass is 308 g/mol. The molecule has 0 aliphatic carbocycles. The number of nitrogens with zero attached hydrogens (tertiary/aromatic N) is 2. The van der Waals surface area contributed by atoms with Crippen LogP contribution in [0, 0.1) is 0 Å². The number of aryl methyl sites for hydroxylation is 2. The highest BCUT2D eigenvalue weighted by Gasteiger charge is 2.12. The van der Waals surface area contributed by atoms with Gasteiger partial charge in [-0.3, -0.25) is 4.79 Å². The van der Waals surface area contributed by atoms with E-state index in [2.05, 4.69) is 21.1 Å². The number of rotatable bonds is 4. The molecular weight excluding hydrogens is 287 g/mol. The van der Waals surface area contributed by atoms with Gasteiger partial charge in [-0.15, -0.1) is 24.8 Å². The molecule has 0 bridgehead atoms. The van der Waals surface area contributed by atoms with Crippen molar-refractivity contribution in [1.29, 1.82) is 0 Å². The number of hydrogen-bond donors (Lipinski definition) is 2. The van der Waals surface area contributed by atoms with Crippen LogP contribution in [0.15, 0.2) is 6.20 Å². The average molecular weight is 309 g/mol. The smallest absolute Gasteiger partial charge is 0.236 e. The van der Waals surface area contributed by atoms with Gasteiger partial charge in [0.1, 0.15) is 5.82 Å². The van der Waals surface area contributed by atoms with Crippen LogP contribution in [0.4, 0.5) is 0 Å². The third kappa shape index (κ3) is 5.01. The summed E-state index contributed by atoms with van der Waals surface area (Å²) in [6.07, 6.45) is 6.43. The second-order valence-corrected chi connectivity index (χ2v) is 4.63. The lowest BCUT2D eigenvalue weighted by atomic mass is 10.2. The molecule has 0 radical (unpaired) electrons. The van der Waals surface area contributed by atoms with E-state index in [1.165, 1.54) is 18.7 Å². The van der Waals surface area contributed by atoms with Gasteiger partial charge in [0.15, 0.2) is 0 Å². The van der Waals surface area contributed by atoms with Gasteiger partial charge in [-0.1, -0.05) is 0 Å². The number of imidazole rings is 1. The van der Waals surface area contributed by atoms with Gasteiger partial charge in [-0.2, -0.15) is 0 Å². The molecule has 0 spiro atoms. The molecule has 1 aliphatic rings. The van der Waals surface area contributed by atoms with Crippen molar-refractivity contribution in [1.82, 2.24) is 14.9 Å². The highest BCUT2D eigenvalue weighted by atomic mass is 35.5. The zero-order valence-corrected chi connectivity index (χ0v) is 12.7. The van der Waals surface area contributed by atoms with Crippen molar-refractivity contribution in [2.24, 2.45) is 5.73 Å². The Hall–Kier alpha value is -0.780. The molecule has 19 heavy (non-hydrogen) atoms. The fourth-order valence-electron chi connectivity index (χ4n) is 2.07. The van der Waals surface area contributed by atoms with Crippen molar-refractivity contribution in [3.63, 3.8) is 0 Å². The molecule has 110 valence electrons. The van der Waals surface area contributed by atoms with Crippen molar-refractivity contribution < 1.29 is 4.79 Å². The van der Waals surface area contributed by atoms with Gasteiger partial charge in [0.25, 0.3) is 0 Å². The molecule has 3 N–H and O–H groups in total. The maximum Gasteiger partial charge on any atom is 0.236 e. The van der Waals surface area contributed by atoms with Crippen molar-refractivity contribution in [2.75, 3.05) is 6.54 Å². The van der Waals surface area contributed by atoms with E-state index in [4.69, 9.17) is 5.73 Å². The number of aromatic nitrogens is 2. The highest BCUT2D eigenvalue weighted by Crippen LogP contribution is 2.14. The number of nitrogens with two attached hydrogens (primary N) is 1. The van der Waals surface area contributed by atoms with Crippen LogP contribution >= 0.6 is 24.8 Å². The Bertz CT molecular complexity index is 383. The van der Waals surface area contributed by atoms with E-state index in [1.54, 1.807) is 6.92 Å². The SMILES string of the molecule is C[C@@H](N)C(=O)NCCc1cn2c(n1)CCCC2.Cl.Cl. The number of carbonyl (C=O) groups is 1. The maximum absolute atomic E-state index is 11.3. The third-order valence-corrected chi connectivity index (χ3v) is 3.05. The Morgan fingerprint density at radius 2 is 2.26 bits per heavy atom. The molecule has 5 nitrogen and oxygen atoms in total. The molecule has 2 rings (SSSR count). The molecule has 1 aromatic heterocycles. The van der Waals surface area contributed by atoms with E-state index in [9.17, 15) is 4.79 Å². The summed E-state index contributed by atoms with van der Waals surface area (Å²) >= 11 is 0. The summed E-state index contributed by atoms with van der Waals surface area (Å²) in [5.41, 5.74) is 6.53. The van der Waals surface area contributed by atoms with Crippen LogP contribution < -0.4 is 11.1 Å². The molecule has 1 amide bonds. The molecule has 2 heterocycles. The molecule has 1 aliphatic heterocycles. The number of nitrogens with one attached hydrogen (secondary N) is 1. The standard InChI is InChI=1S/C12H20N4O.2ClH/c1-9(13)12(17)14-6-5-10-8-16-7-3-2-4-11(16)15-10;;/h8-9H,2-7,13H2,1H3,(H,14,17);2*1H/t9-;;/m1../s1. The van der Waals surface area contributed by atoms with Crippen LogP contribution in [-0.2, 0) is 24.2 Å². The van der Waals surface area contributed by atoms with Crippen molar-refractivity contribution in [3.05, 3.63) is 17.7 Å². The summed E-state index contributed by atoms with van der Waals surface area (Å²) < 4.78 is 2.23. The quantitative estimate of drug-likeness (QED) is 0.874. The summed E-state index contributed by atoms with van der Waals surface area (Å²) in [5, 5.41) is 2.80. The molecule has 0 saturated heterocycles. The van der Waals surface area contributed by atoms with E-state index in [1.807, 2.05) is 0 Å². The fourth-order valence-corrected chi connectivity index (χ4v) is 2.07. The summed E-state index contributed by atoms with van der Waals surface area (Å²) in [6.45, 7) is 3.37. The predicted octanol–water partition coefficient (Wildman–Crippen LogP) is 1.07. The van der Waals surface area contributed by atoms with Gasteiger partial charge >= 0.3 is 0 Å². The molecule has 7 heteroatoms. The maximum atomic E-state index is 11.3. The van der Waals surface area contributed by atoms with Crippen LogP contribution in [0.25, 0.3) is 0 Å². The van der Waals surface area contributed by atoms with Crippen LogP contribution in [0.2, 0.25) is 0 Å². The minimum Gasteiger partial charge on any atom is -0.354 e.